The van der Waals surface area contributed by atoms with E-state index in [0.717, 1.165) is 13.2 Å². The van der Waals surface area contributed by atoms with Crippen molar-refractivity contribution >= 4 is 0 Å². The monoisotopic (exact) mass is 157 g/mol. The van der Waals surface area contributed by atoms with Crippen LogP contribution in [0.3, 0.4) is 0 Å². The molecule has 2 heteroatoms. The van der Waals surface area contributed by atoms with Crippen LogP contribution < -0.4 is 5.32 Å². The van der Waals surface area contributed by atoms with Gasteiger partial charge in [-0.2, -0.15) is 0 Å². The van der Waals surface area contributed by atoms with E-state index in [2.05, 4.69) is 19.2 Å². The molecule has 1 aliphatic rings. The summed E-state index contributed by atoms with van der Waals surface area (Å²) in [6.45, 7) is 6.42. The Hall–Kier alpha value is -0.0800. The third kappa shape index (κ3) is 3.21. The topological polar surface area (TPSA) is 21.3 Å². The Bertz CT molecular complexity index is 99.7. The average Bonchev–Trinajstić information content (AvgIpc) is 2.52. The second kappa shape index (κ2) is 4.73. The molecular weight excluding hydrogens is 138 g/mol. The molecule has 0 aromatic carbocycles. The lowest BCUT2D eigenvalue weighted by molar-refractivity contribution is 0.108. The molecule has 2 nitrogen and oxygen atoms in total. The summed E-state index contributed by atoms with van der Waals surface area (Å²) in [4.78, 5) is 0. The van der Waals surface area contributed by atoms with Crippen LogP contribution in [0.5, 0.6) is 0 Å². The van der Waals surface area contributed by atoms with Crippen molar-refractivity contribution in [3.63, 3.8) is 0 Å². The van der Waals surface area contributed by atoms with Crippen molar-refractivity contribution in [1.82, 2.24) is 5.32 Å². The van der Waals surface area contributed by atoms with E-state index in [0.29, 0.717) is 12.1 Å². The van der Waals surface area contributed by atoms with Gasteiger partial charge in [-0.15, -0.1) is 0 Å². The van der Waals surface area contributed by atoms with Crippen LogP contribution in [0.4, 0.5) is 0 Å². The van der Waals surface area contributed by atoms with Gasteiger partial charge in [-0.05, 0) is 26.2 Å². The third-order valence-corrected chi connectivity index (χ3v) is 2.33. The van der Waals surface area contributed by atoms with Crippen molar-refractivity contribution in [2.45, 2.75) is 45.3 Å². The first-order chi connectivity index (χ1) is 5.33. The summed E-state index contributed by atoms with van der Waals surface area (Å²) < 4.78 is 5.49. The van der Waals surface area contributed by atoms with Gasteiger partial charge in [0.05, 0.1) is 6.10 Å². The molecule has 1 unspecified atom stereocenters. The highest BCUT2D eigenvalue weighted by atomic mass is 16.5. The molecule has 0 spiro atoms. The van der Waals surface area contributed by atoms with E-state index < -0.39 is 0 Å². The molecule has 0 aromatic heterocycles. The largest absolute Gasteiger partial charge is 0.377 e. The maximum atomic E-state index is 5.49. The Balaban J connectivity index is 2.01. The van der Waals surface area contributed by atoms with E-state index in [1.165, 1.54) is 19.3 Å². The molecule has 11 heavy (non-hydrogen) atoms. The van der Waals surface area contributed by atoms with Crippen molar-refractivity contribution in [2.24, 2.45) is 0 Å². The van der Waals surface area contributed by atoms with Crippen molar-refractivity contribution in [3.8, 4) is 0 Å². The fraction of sp³-hybridized carbons (Fsp3) is 1.00. The first kappa shape index (κ1) is 9.01. The summed E-state index contributed by atoms with van der Waals surface area (Å²) in [7, 11) is 0. The number of rotatable bonds is 4. The summed E-state index contributed by atoms with van der Waals surface area (Å²) in [5.74, 6) is 0. The van der Waals surface area contributed by atoms with Crippen LogP contribution in [0.1, 0.15) is 33.1 Å². The van der Waals surface area contributed by atoms with E-state index in [4.69, 9.17) is 4.74 Å². The standard InChI is InChI=1S/C9H19NO/c1-3-8(2)10-7-9-5-4-6-11-9/h8-10H,3-7H2,1-2H3/t8?,9-/m1/s1. The fourth-order valence-corrected chi connectivity index (χ4v) is 1.28. The summed E-state index contributed by atoms with van der Waals surface area (Å²) in [5.41, 5.74) is 0. The highest BCUT2D eigenvalue weighted by molar-refractivity contribution is 4.69. The molecule has 1 fully saturated rings. The first-order valence-electron chi connectivity index (χ1n) is 4.68. The van der Waals surface area contributed by atoms with Gasteiger partial charge in [-0.25, -0.2) is 0 Å². The molecule has 1 aliphatic heterocycles. The van der Waals surface area contributed by atoms with E-state index in [1.54, 1.807) is 0 Å². The molecule has 0 aromatic rings. The molecule has 0 aliphatic carbocycles. The molecule has 0 radical (unpaired) electrons. The van der Waals surface area contributed by atoms with Gasteiger partial charge in [0.2, 0.25) is 0 Å². The van der Waals surface area contributed by atoms with Crippen molar-refractivity contribution < 1.29 is 4.74 Å². The lowest BCUT2D eigenvalue weighted by Crippen LogP contribution is -2.32. The van der Waals surface area contributed by atoms with Crippen LogP contribution in [-0.4, -0.2) is 25.3 Å². The predicted octanol–water partition coefficient (Wildman–Crippen LogP) is 1.55. The molecule has 66 valence electrons. The van der Waals surface area contributed by atoms with Crippen LogP contribution in [0.2, 0.25) is 0 Å². The molecule has 2 atom stereocenters. The summed E-state index contributed by atoms with van der Waals surface area (Å²) >= 11 is 0. The van der Waals surface area contributed by atoms with Crippen molar-refractivity contribution in [3.05, 3.63) is 0 Å². The third-order valence-electron chi connectivity index (χ3n) is 2.33. The van der Waals surface area contributed by atoms with Crippen molar-refractivity contribution in [1.29, 1.82) is 0 Å². The zero-order chi connectivity index (χ0) is 8.10. The Morgan fingerprint density at radius 3 is 3.00 bits per heavy atom. The minimum absolute atomic E-state index is 0.490. The molecule has 1 rings (SSSR count). The molecule has 1 saturated heterocycles. The van der Waals surface area contributed by atoms with E-state index in [1.807, 2.05) is 0 Å². The Morgan fingerprint density at radius 2 is 2.45 bits per heavy atom. The number of nitrogens with one attached hydrogen (secondary N) is 1. The van der Waals surface area contributed by atoms with Crippen LogP contribution in [0.15, 0.2) is 0 Å². The molecular formula is C9H19NO. The second-order valence-corrected chi connectivity index (χ2v) is 3.35. The van der Waals surface area contributed by atoms with E-state index in [-0.39, 0.29) is 0 Å². The van der Waals surface area contributed by atoms with Crippen LogP contribution in [-0.2, 0) is 4.74 Å². The molecule has 0 bridgehead atoms. The fourth-order valence-electron chi connectivity index (χ4n) is 1.28. The van der Waals surface area contributed by atoms with Gasteiger partial charge in [0, 0.05) is 19.2 Å². The van der Waals surface area contributed by atoms with Crippen LogP contribution in [0, 0.1) is 0 Å². The number of hydrogen-bond donors (Lipinski definition) is 1. The summed E-state index contributed by atoms with van der Waals surface area (Å²) in [6, 6.07) is 0.638. The zero-order valence-electron chi connectivity index (χ0n) is 7.60. The Morgan fingerprint density at radius 1 is 1.64 bits per heavy atom. The normalized spacial score (nSPS) is 27.3. The van der Waals surface area contributed by atoms with Gasteiger partial charge in [0.1, 0.15) is 0 Å². The van der Waals surface area contributed by atoms with Gasteiger partial charge < -0.3 is 10.1 Å². The quantitative estimate of drug-likeness (QED) is 0.668. The number of ether oxygens (including phenoxy) is 1. The van der Waals surface area contributed by atoms with Crippen LogP contribution in [0.25, 0.3) is 0 Å². The highest BCUT2D eigenvalue weighted by Gasteiger charge is 2.15. The van der Waals surface area contributed by atoms with Gasteiger partial charge in [0.15, 0.2) is 0 Å². The predicted molar refractivity (Wildman–Crippen MR) is 46.7 cm³/mol. The Kier molecular flexibility index (Phi) is 3.87. The zero-order valence-corrected chi connectivity index (χ0v) is 7.60. The maximum absolute atomic E-state index is 5.49. The van der Waals surface area contributed by atoms with Gasteiger partial charge in [-0.3, -0.25) is 0 Å². The summed E-state index contributed by atoms with van der Waals surface area (Å²) in [6.07, 6.45) is 4.17. The summed E-state index contributed by atoms with van der Waals surface area (Å²) in [5, 5.41) is 3.45. The Labute approximate surface area is 69.3 Å². The lowest BCUT2D eigenvalue weighted by Gasteiger charge is -2.14. The van der Waals surface area contributed by atoms with Gasteiger partial charge in [0.25, 0.3) is 0 Å². The smallest absolute Gasteiger partial charge is 0.0700 e. The molecule has 0 saturated carbocycles. The molecule has 1 heterocycles. The molecule has 1 N–H and O–H groups in total. The minimum atomic E-state index is 0.490. The maximum Gasteiger partial charge on any atom is 0.0700 e. The van der Waals surface area contributed by atoms with Crippen LogP contribution >= 0.6 is 0 Å². The van der Waals surface area contributed by atoms with Gasteiger partial charge in [-0.1, -0.05) is 6.92 Å². The lowest BCUT2D eigenvalue weighted by atomic mass is 10.2. The second-order valence-electron chi connectivity index (χ2n) is 3.35. The highest BCUT2D eigenvalue weighted by Crippen LogP contribution is 2.10. The molecule has 0 amide bonds. The van der Waals surface area contributed by atoms with Gasteiger partial charge >= 0.3 is 0 Å². The SMILES string of the molecule is CCC(C)NC[C@H]1CCCO1. The minimum Gasteiger partial charge on any atom is -0.377 e. The first-order valence-corrected chi connectivity index (χ1v) is 4.68. The van der Waals surface area contributed by atoms with Crippen molar-refractivity contribution in [2.75, 3.05) is 13.2 Å². The van der Waals surface area contributed by atoms with E-state index in [9.17, 15) is 0 Å². The average molecular weight is 157 g/mol. The van der Waals surface area contributed by atoms with E-state index >= 15 is 0 Å². The number of hydrogen-bond acceptors (Lipinski definition) is 2.